The first kappa shape index (κ1) is 19.8. The van der Waals surface area contributed by atoms with Crippen molar-refractivity contribution >= 4 is 11.9 Å². The number of nitriles is 1. The Kier molecular flexibility index (Phi) is 7.20. The van der Waals surface area contributed by atoms with Gasteiger partial charge in [0.15, 0.2) is 11.5 Å². The number of esters is 2. The molecule has 2 rings (SSSR count). The van der Waals surface area contributed by atoms with E-state index in [-0.39, 0.29) is 6.42 Å². The quantitative estimate of drug-likeness (QED) is 0.401. The van der Waals surface area contributed by atoms with Gasteiger partial charge < -0.3 is 18.9 Å². The molecule has 2 aromatic carbocycles. The van der Waals surface area contributed by atoms with Crippen molar-refractivity contribution in [2.24, 2.45) is 0 Å². The summed E-state index contributed by atoms with van der Waals surface area (Å²) in [6.07, 6.45) is 0.611. The van der Waals surface area contributed by atoms with Crippen LogP contribution in [0.4, 0.5) is 0 Å². The van der Waals surface area contributed by atoms with Crippen molar-refractivity contribution in [3.63, 3.8) is 0 Å². The van der Waals surface area contributed by atoms with E-state index >= 15 is 0 Å². The molecule has 0 aromatic heterocycles. The van der Waals surface area contributed by atoms with Crippen molar-refractivity contribution in [1.29, 1.82) is 5.26 Å². The van der Waals surface area contributed by atoms with E-state index in [1.54, 1.807) is 18.2 Å². The normalized spacial score (nSPS) is 9.81. The van der Waals surface area contributed by atoms with Crippen LogP contribution in [0.3, 0.4) is 0 Å². The number of nitrogens with zero attached hydrogens (tertiary/aromatic N) is 1. The highest BCUT2D eigenvalue weighted by Gasteiger charge is 2.09. The van der Waals surface area contributed by atoms with Gasteiger partial charge in [0.2, 0.25) is 0 Å². The highest BCUT2D eigenvalue weighted by molar-refractivity contribution is 5.89. The number of methoxy groups -OCH3 is 2. The molecular formula is C20H19NO6. The summed E-state index contributed by atoms with van der Waals surface area (Å²) in [5.41, 5.74) is 0.850. The lowest BCUT2D eigenvalue weighted by Crippen LogP contribution is -2.10. The van der Waals surface area contributed by atoms with Crippen molar-refractivity contribution in [3.8, 4) is 23.3 Å². The molecule has 7 nitrogen and oxygen atoms in total. The van der Waals surface area contributed by atoms with Crippen LogP contribution in [0.15, 0.2) is 42.5 Å². The Morgan fingerprint density at radius 2 is 1.78 bits per heavy atom. The average Bonchev–Trinajstić information content (AvgIpc) is 2.71. The van der Waals surface area contributed by atoms with Crippen LogP contribution in [0.1, 0.15) is 28.8 Å². The zero-order valence-corrected chi connectivity index (χ0v) is 15.1. The van der Waals surface area contributed by atoms with E-state index in [1.807, 2.05) is 6.07 Å². The van der Waals surface area contributed by atoms with Gasteiger partial charge in [-0.2, -0.15) is 5.26 Å². The van der Waals surface area contributed by atoms with Crippen LogP contribution in [-0.4, -0.2) is 32.8 Å². The van der Waals surface area contributed by atoms with Gasteiger partial charge in [-0.1, -0.05) is 0 Å². The lowest BCUT2D eigenvalue weighted by Gasteiger charge is -2.10. The van der Waals surface area contributed by atoms with Gasteiger partial charge in [0.05, 0.1) is 38.0 Å². The molecule has 0 saturated carbocycles. The summed E-state index contributed by atoms with van der Waals surface area (Å²) < 4.78 is 20.6. The maximum absolute atomic E-state index is 11.9. The van der Waals surface area contributed by atoms with Crippen LogP contribution >= 0.6 is 0 Å². The summed E-state index contributed by atoms with van der Waals surface area (Å²) in [7, 11) is 2.79. The summed E-state index contributed by atoms with van der Waals surface area (Å²) in [5, 5.41) is 8.88. The number of hydrogen-bond acceptors (Lipinski definition) is 7. The number of rotatable bonds is 8. The molecule has 0 amide bonds. The summed E-state index contributed by atoms with van der Waals surface area (Å²) in [6.45, 7) is 0.290. The number of carbonyl (C=O) groups excluding carboxylic acids is 2. The second-order valence-corrected chi connectivity index (χ2v) is 5.42. The third-order valence-corrected chi connectivity index (χ3v) is 3.58. The molecule has 0 aliphatic carbocycles. The van der Waals surface area contributed by atoms with Gasteiger partial charge in [0.25, 0.3) is 0 Å². The third-order valence-electron chi connectivity index (χ3n) is 3.58. The van der Waals surface area contributed by atoms with Gasteiger partial charge in [-0.3, -0.25) is 4.79 Å². The molecule has 7 heteroatoms. The number of ether oxygens (including phenoxy) is 4. The van der Waals surface area contributed by atoms with Crippen LogP contribution in [0.2, 0.25) is 0 Å². The van der Waals surface area contributed by atoms with E-state index in [0.717, 1.165) is 0 Å². The molecule has 0 heterocycles. The van der Waals surface area contributed by atoms with Crippen LogP contribution in [0.25, 0.3) is 0 Å². The Labute approximate surface area is 157 Å². The standard InChI is InChI=1S/C20H19NO6/c1-24-18-12-14(13-21)5-10-17(18)26-11-3-4-19(22)27-16-8-6-15(7-9-16)20(23)25-2/h5-10,12H,3-4,11H2,1-2H3. The SMILES string of the molecule is COC(=O)c1ccc(OC(=O)CCCOc2ccc(C#N)cc2OC)cc1. The molecule has 0 bridgehead atoms. The Morgan fingerprint density at radius 3 is 2.41 bits per heavy atom. The largest absolute Gasteiger partial charge is 0.493 e. The molecule has 0 atom stereocenters. The van der Waals surface area contributed by atoms with Gasteiger partial charge in [0, 0.05) is 12.5 Å². The fourth-order valence-electron chi connectivity index (χ4n) is 2.21. The molecule has 0 saturated heterocycles. The van der Waals surface area contributed by atoms with Crippen LogP contribution in [-0.2, 0) is 9.53 Å². The fraction of sp³-hybridized carbons (Fsp3) is 0.250. The maximum Gasteiger partial charge on any atom is 0.337 e. The second-order valence-electron chi connectivity index (χ2n) is 5.42. The van der Waals surface area contributed by atoms with E-state index in [4.69, 9.17) is 19.5 Å². The van der Waals surface area contributed by atoms with Crippen molar-refractivity contribution in [2.75, 3.05) is 20.8 Å². The van der Waals surface area contributed by atoms with Crippen molar-refractivity contribution in [3.05, 3.63) is 53.6 Å². The molecule has 0 aliphatic heterocycles. The highest BCUT2D eigenvalue weighted by Crippen LogP contribution is 2.28. The van der Waals surface area contributed by atoms with Crippen molar-refractivity contribution < 1.29 is 28.5 Å². The van der Waals surface area contributed by atoms with Gasteiger partial charge >= 0.3 is 11.9 Å². The second kappa shape index (κ2) is 9.82. The molecule has 0 aliphatic rings. The van der Waals surface area contributed by atoms with E-state index in [9.17, 15) is 9.59 Å². The number of hydrogen-bond donors (Lipinski definition) is 0. The molecule has 0 fully saturated rings. The molecule has 0 N–H and O–H groups in total. The predicted octanol–water partition coefficient (Wildman–Crippen LogP) is 3.12. The molecular weight excluding hydrogens is 350 g/mol. The first-order chi connectivity index (χ1) is 13.1. The van der Waals surface area contributed by atoms with Gasteiger partial charge in [-0.15, -0.1) is 0 Å². The third kappa shape index (κ3) is 5.75. The smallest absolute Gasteiger partial charge is 0.337 e. The first-order valence-corrected chi connectivity index (χ1v) is 8.17. The molecule has 27 heavy (non-hydrogen) atoms. The van der Waals surface area contributed by atoms with Crippen molar-refractivity contribution in [2.45, 2.75) is 12.8 Å². The molecule has 0 unspecified atom stereocenters. The maximum atomic E-state index is 11.9. The molecule has 2 aromatic rings. The zero-order valence-electron chi connectivity index (χ0n) is 15.1. The minimum atomic E-state index is -0.455. The zero-order chi connectivity index (χ0) is 19.6. The Morgan fingerprint density at radius 1 is 1.04 bits per heavy atom. The molecule has 0 radical (unpaired) electrons. The Bertz CT molecular complexity index is 839. The van der Waals surface area contributed by atoms with E-state index in [1.165, 1.54) is 38.5 Å². The van der Waals surface area contributed by atoms with E-state index < -0.39 is 11.9 Å². The monoisotopic (exact) mass is 369 g/mol. The van der Waals surface area contributed by atoms with Crippen LogP contribution < -0.4 is 14.2 Å². The topological polar surface area (TPSA) is 94.9 Å². The van der Waals surface area contributed by atoms with Crippen molar-refractivity contribution in [1.82, 2.24) is 0 Å². The minimum Gasteiger partial charge on any atom is -0.493 e. The predicted molar refractivity (Wildman–Crippen MR) is 95.9 cm³/mol. The fourth-order valence-corrected chi connectivity index (χ4v) is 2.21. The van der Waals surface area contributed by atoms with Crippen LogP contribution in [0.5, 0.6) is 17.2 Å². The summed E-state index contributed by atoms with van der Waals surface area (Å²) in [4.78, 5) is 23.2. The number of carbonyl (C=O) groups is 2. The lowest BCUT2D eigenvalue weighted by atomic mass is 10.2. The summed E-state index contributed by atoms with van der Waals surface area (Å²) in [5.74, 6) is 0.451. The van der Waals surface area contributed by atoms with Crippen LogP contribution in [0, 0.1) is 11.3 Å². The van der Waals surface area contributed by atoms with Gasteiger partial charge in [-0.05, 0) is 42.8 Å². The lowest BCUT2D eigenvalue weighted by molar-refractivity contribution is -0.134. The minimum absolute atomic E-state index is 0.164. The Balaban J connectivity index is 1.78. The summed E-state index contributed by atoms with van der Waals surface area (Å²) >= 11 is 0. The van der Waals surface area contributed by atoms with Gasteiger partial charge in [0.1, 0.15) is 5.75 Å². The Hall–Kier alpha value is -3.53. The van der Waals surface area contributed by atoms with E-state index in [2.05, 4.69) is 4.74 Å². The molecule has 0 spiro atoms. The van der Waals surface area contributed by atoms with E-state index in [0.29, 0.717) is 41.4 Å². The first-order valence-electron chi connectivity index (χ1n) is 8.17. The summed E-state index contributed by atoms with van der Waals surface area (Å²) in [6, 6.07) is 13.0. The number of benzene rings is 2. The molecule has 140 valence electrons. The average molecular weight is 369 g/mol. The highest BCUT2D eigenvalue weighted by atomic mass is 16.5. The van der Waals surface area contributed by atoms with Gasteiger partial charge in [-0.25, -0.2) is 4.79 Å².